The van der Waals surface area contributed by atoms with Crippen LogP contribution < -0.4 is 5.32 Å². The maximum Gasteiger partial charge on any atom is 0.307 e. The molecule has 0 spiro atoms. The van der Waals surface area contributed by atoms with Crippen molar-refractivity contribution >= 4 is 5.97 Å². The first kappa shape index (κ1) is 13.4. The van der Waals surface area contributed by atoms with Crippen LogP contribution in [0.1, 0.15) is 41.0 Å². The second kappa shape index (κ2) is 6.02. The highest BCUT2D eigenvalue weighted by Crippen LogP contribution is 2.21. The molecule has 0 radical (unpaired) electrons. The van der Waals surface area contributed by atoms with Gasteiger partial charge in [-0.15, -0.1) is 0 Å². The molecule has 0 bridgehead atoms. The van der Waals surface area contributed by atoms with Crippen LogP contribution >= 0.6 is 0 Å². The van der Waals surface area contributed by atoms with Gasteiger partial charge >= 0.3 is 5.97 Å². The highest BCUT2D eigenvalue weighted by atomic mass is 16.5. The molecule has 14 heavy (non-hydrogen) atoms. The van der Waals surface area contributed by atoms with Crippen molar-refractivity contribution in [1.82, 2.24) is 5.32 Å². The molecule has 0 heterocycles. The van der Waals surface area contributed by atoms with E-state index in [-0.39, 0.29) is 17.4 Å². The molecule has 0 aromatic carbocycles. The van der Waals surface area contributed by atoms with Crippen molar-refractivity contribution in [2.75, 3.05) is 13.2 Å². The van der Waals surface area contributed by atoms with Crippen LogP contribution in [0.15, 0.2) is 0 Å². The summed E-state index contributed by atoms with van der Waals surface area (Å²) >= 11 is 0. The van der Waals surface area contributed by atoms with Crippen LogP contribution in [-0.4, -0.2) is 25.2 Å². The average molecular weight is 201 g/mol. The van der Waals surface area contributed by atoms with Crippen LogP contribution in [-0.2, 0) is 9.53 Å². The van der Waals surface area contributed by atoms with Crippen molar-refractivity contribution in [3.05, 3.63) is 0 Å². The number of carbonyl (C=O) groups excluding carboxylic acids is 1. The lowest BCUT2D eigenvalue weighted by atomic mass is 9.85. The predicted octanol–water partition coefficient (Wildman–Crippen LogP) is 1.96. The van der Waals surface area contributed by atoms with Gasteiger partial charge in [0.05, 0.1) is 13.0 Å². The highest BCUT2D eigenvalue weighted by Gasteiger charge is 2.26. The van der Waals surface area contributed by atoms with E-state index in [1.165, 1.54) is 0 Å². The summed E-state index contributed by atoms with van der Waals surface area (Å²) in [5.41, 5.74) is 0.0861. The summed E-state index contributed by atoms with van der Waals surface area (Å²) in [6, 6.07) is 0.187. The smallest absolute Gasteiger partial charge is 0.307 e. The molecule has 1 unspecified atom stereocenters. The van der Waals surface area contributed by atoms with Crippen LogP contribution in [0.25, 0.3) is 0 Å². The third-order valence-corrected chi connectivity index (χ3v) is 2.17. The van der Waals surface area contributed by atoms with Crippen LogP contribution in [0, 0.1) is 5.41 Å². The van der Waals surface area contributed by atoms with E-state index in [1.54, 1.807) is 0 Å². The minimum absolute atomic E-state index is 0.0861. The number of hydrogen-bond donors (Lipinski definition) is 1. The first-order chi connectivity index (χ1) is 6.41. The number of ether oxygens (including phenoxy) is 1. The van der Waals surface area contributed by atoms with Crippen molar-refractivity contribution in [1.29, 1.82) is 0 Å². The SMILES string of the molecule is CCNC(CC(=O)OCC)C(C)(C)C. The molecule has 84 valence electrons. The van der Waals surface area contributed by atoms with Gasteiger partial charge in [-0.1, -0.05) is 27.7 Å². The Balaban J connectivity index is 4.16. The summed E-state index contributed by atoms with van der Waals surface area (Å²) in [6.45, 7) is 11.6. The lowest BCUT2D eigenvalue weighted by Gasteiger charge is -2.30. The molecule has 0 amide bonds. The molecule has 0 fully saturated rings. The fourth-order valence-corrected chi connectivity index (χ4v) is 1.32. The zero-order valence-electron chi connectivity index (χ0n) is 10.0. The monoisotopic (exact) mass is 201 g/mol. The maximum atomic E-state index is 11.3. The molecule has 1 atom stereocenters. The third kappa shape index (κ3) is 5.22. The van der Waals surface area contributed by atoms with Gasteiger partial charge in [0, 0.05) is 6.04 Å². The Labute approximate surface area is 87.2 Å². The second-order valence-electron chi connectivity index (χ2n) is 4.49. The van der Waals surface area contributed by atoms with Gasteiger partial charge in [-0.25, -0.2) is 0 Å². The van der Waals surface area contributed by atoms with Gasteiger partial charge in [0.2, 0.25) is 0 Å². The number of carbonyl (C=O) groups is 1. The van der Waals surface area contributed by atoms with E-state index in [4.69, 9.17) is 4.74 Å². The molecule has 1 N–H and O–H groups in total. The number of rotatable bonds is 5. The summed E-state index contributed by atoms with van der Waals surface area (Å²) in [6.07, 6.45) is 0.450. The lowest BCUT2D eigenvalue weighted by molar-refractivity contribution is -0.144. The van der Waals surface area contributed by atoms with Gasteiger partial charge in [0.25, 0.3) is 0 Å². The van der Waals surface area contributed by atoms with Gasteiger partial charge in [-0.3, -0.25) is 4.79 Å². The van der Waals surface area contributed by atoms with E-state index in [1.807, 2.05) is 13.8 Å². The van der Waals surface area contributed by atoms with E-state index < -0.39 is 0 Å². The quantitative estimate of drug-likeness (QED) is 0.691. The topological polar surface area (TPSA) is 38.3 Å². The maximum absolute atomic E-state index is 11.3. The summed E-state index contributed by atoms with van der Waals surface area (Å²) < 4.78 is 4.93. The Bertz CT molecular complexity index is 173. The minimum atomic E-state index is -0.117. The van der Waals surface area contributed by atoms with Crippen molar-refractivity contribution < 1.29 is 9.53 Å². The Kier molecular flexibility index (Phi) is 5.77. The van der Waals surface area contributed by atoms with E-state index in [0.717, 1.165) is 6.54 Å². The molecule has 0 saturated carbocycles. The first-order valence-electron chi connectivity index (χ1n) is 5.30. The Morgan fingerprint density at radius 1 is 1.36 bits per heavy atom. The second-order valence-corrected chi connectivity index (χ2v) is 4.49. The lowest BCUT2D eigenvalue weighted by Crippen LogP contribution is -2.42. The third-order valence-electron chi connectivity index (χ3n) is 2.17. The zero-order chi connectivity index (χ0) is 11.2. The van der Waals surface area contributed by atoms with Gasteiger partial charge in [-0.05, 0) is 18.9 Å². The summed E-state index contributed by atoms with van der Waals surface area (Å²) in [4.78, 5) is 11.3. The molecular weight excluding hydrogens is 178 g/mol. The molecule has 0 aliphatic heterocycles. The van der Waals surface area contributed by atoms with Crippen LogP contribution in [0.4, 0.5) is 0 Å². The Morgan fingerprint density at radius 2 is 1.93 bits per heavy atom. The normalized spacial score (nSPS) is 13.8. The fraction of sp³-hybridized carbons (Fsp3) is 0.909. The van der Waals surface area contributed by atoms with Crippen LogP contribution in [0.5, 0.6) is 0 Å². The number of hydrogen-bond acceptors (Lipinski definition) is 3. The summed E-state index contributed by atoms with van der Waals surface area (Å²) in [7, 11) is 0. The standard InChI is InChI=1S/C11H23NO2/c1-6-12-9(11(3,4)5)8-10(13)14-7-2/h9,12H,6-8H2,1-5H3. The molecule has 0 saturated heterocycles. The van der Waals surface area contributed by atoms with E-state index in [0.29, 0.717) is 13.0 Å². The predicted molar refractivity (Wildman–Crippen MR) is 58.2 cm³/mol. The average Bonchev–Trinajstić information content (AvgIpc) is 2.02. The van der Waals surface area contributed by atoms with Crippen molar-refractivity contribution in [3.63, 3.8) is 0 Å². The Hall–Kier alpha value is -0.570. The van der Waals surface area contributed by atoms with Gasteiger partial charge in [0.1, 0.15) is 0 Å². The highest BCUT2D eigenvalue weighted by molar-refractivity contribution is 5.70. The fourth-order valence-electron chi connectivity index (χ4n) is 1.32. The molecule has 0 rings (SSSR count). The number of nitrogens with one attached hydrogen (secondary N) is 1. The Morgan fingerprint density at radius 3 is 2.29 bits per heavy atom. The van der Waals surface area contributed by atoms with Crippen molar-refractivity contribution in [3.8, 4) is 0 Å². The van der Waals surface area contributed by atoms with E-state index in [9.17, 15) is 4.79 Å². The van der Waals surface area contributed by atoms with Gasteiger partial charge < -0.3 is 10.1 Å². The van der Waals surface area contributed by atoms with Crippen molar-refractivity contribution in [2.45, 2.75) is 47.1 Å². The van der Waals surface area contributed by atoms with E-state index in [2.05, 4.69) is 26.1 Å². The number of esters is 1. The van der Waals surface area contributed by atoms with Gasteiger partial charge in [-0.2, -0.15) is 0 Å². The molecule has 3 heteroatoms. The molecule has 3 nitrogen and oxygen atoms in total. The zero-order valence-corrected chi connectivity index (χ0v) is 10.0. The minimum Gasteiger partial charge on any atom is -0.466 e. The van der Waals surface area contributed by atoms with Crippen molar-refractivity contribution in [2.24, 2.45) is 5.41 Å². The van der Waals surface area contributed by atoms with Crippen LogP contribution in [0.3, 0.4) is 0 Å². The molecule has 0 aliphatic carbocycles. The summed E-state index contributed by atoms with van der Waals surface area (Å²) in [5.74, 6) is -0.117. The van der Waals surface area contributed by atoms with E-state index >= 15 is 0 Å². The molecule has 0 aromatic heterocycles. The largest absolute Gasteiger partial charge is 0.466 e. The summed E-state index contributed by atoms with van der Waals surface area (Å²) in [5, 5.41) is 3.31. The van der Waals surface area contributed by atoms with Crippen LogP contribution in [0.2, 0.25) is 0 Å². The molecular formula is C11H23NO2. The molecule has 0 aromatic rings. The first-order valence-corrected chi connectivity index (χ1v) is 5.30. The molecule has 0 aliphatic rings. The van der Waals surface area contributed by atoms with Gasteiger partial charge in [0.15, 0.2) is 0 Å².